The Morgan fingerprint density at radius 1 is 1.07 bits per heavy atom. The summed E-state index contributed by atoms with van der Waals surface area (Å²) in [6, 6.07) is 16.9. The molecule has 146 valence electrons. The highest BCUT2D eigenvalue weighted by molar-refractivity contribution is 5.71. The molecule has 1 fully saturated rings. The lowest BCUT2D eigenvalue weighted by Crippen LogP contribution is -2.38. The molecule has 6 N–H and O–H groups in total. The van der Waals surface area contributed by atoms with Crippen LogP contribution in [0.25, 0.3) is 16.8 Å². The van der Waals surface area contributed by atoms with Crippen molar-refractivity contribution < 1.29 is 0 Å². The van der Waals surface area contributed by atoms with Gasteiger partial charge in [-0.25, -0.2) is 5.84 Å². The van der Waals surface area contributed by atoms with E-state index >= 15 is 0 Å². The second kappa shape index (κ2) is 9.24. The van der Waals surface area contributed by atoms with Crippen LogP contribution in [0.5, 0.6) is 0 Å². The third-order valence-electron chi connectivity index (χ3n) is 5.34. The number of allylic oxidation sites excluding steroid dienone is 1. The van der Waals surface area contributed by atoms with Crippen LogP contribution in [0.2, 0.25) is 0 Å². The van der Waals surface area contributed by atoms with Gasteiger partial charge in [0.05, 0.1) is 5.70 Å². The molecule has 0 spiro atoms. The third kappa shape index (κ3) is 4.61. The second-order valence-electron chi connectivity index (χ2n) is 7.36. The van der Waals surface area contributed by atoms with Gasteiger partial charge >= 0.3 is 0 Å². The summed E-state index contributed by atoms with van der Waals surface area (Å²) in [4.78, 5) is 0. The van der Waals surface area contributed by atoms with E-state index in [2.05, 4.69) is 48.6 Å². The topological polar surface area (TPSA) is 91.2 Å². The van der Waals surface area contributed by atoms with Gasteiger partial charge in [-0.2, -0.15) is 0 Å². The Morgan fingerprint density at radius 2 is 1.71 bits per heavy atom. The van der Waals surface area contributed by atoms with Gasteiger partial charge in [-0.1, -0.05) is 43.3 Å². The van der Waals surface area contributed by atoms with E-state index in [1.165, 1.54) is 12.6 Å². The molecule has 1 aliphatic rings. The molecule has 0 aliphatic heterocycles. The fourth-order valence-corrected chi connectivity index (χ4v) is 3.74. The number of hydrogen-bond acceptors (Lipinski definition) is 5. The Morgan fingerprint density at radius 3 is 2.25 bits per heavy atom. The molecule has 5 nitrogen and oxygen atoms in total. The van der Waals surface area contributed by atoms with E-state index in [9.17, 15) is 0 Å². The highest BCUT2D eigenvalue weighted by Crippen LogP contribution is 2.32. The number of nitrogens with zero attached hydrogens (tertiary/aromatic N) is 1. The lowest BCUT2D eigenvalue weighted by molar-refractivity contribution is 0.300. The van der Waals surface area contributed by atoms with Crippen LogP contribution >= 0.6 is 0 Å². The summed E-state index contributed by atoms with van der Waals surface area (Å²) < 4.78 is 0. The maximum atomic E-state index is 6.99. The first-order chi connectivity index (χ1) is 13.6. The van der Waals surface area contributed by atoms with Gasteiger partial charge < -0.3 is 21.5 Å². The van der Waals surface area contributed by atoms with Crippen molar-refractivity contribution in [2.24, 2.45) is 17.5 Å². The summed E-state index contributed by atoms with van der Waals surface area (Å²) >= 11 is 0. The zero-order valence-corrected chi connectivity index (χ0v) is 16.3. The van der Waals surface area contributed by atoms with Crippen LogP contribution < -0.4 is 16.9 Å². The van der Waals surface area contributed by atoms with Crippen molar-refractivity contribution in [3.63, 3.8) is 0 Å². The Bertz CT molecular complexity index is 836. The first kappa shape index (κ1) is 19.7. The molecular weight excluding hydrogens is 346 g/mol. The first-order valence-corrected chi connectivity index (χ1v) is 9.71. The van der Waals surface area contributed by atoms with E-state index in [1.54, 1.807) is 18.5 Å². The SMILES string of the molecule is CC1CC[C@@H](N(N)/C(=C\N)c2ccc(-c3ccc(N/C=C\C=N)cc3)cc2)C1. The molecule has 2 aromatic carbocycles. The highest BCUT2D eigenvalue weighted by Gasteiger charge is 2.27. The van der Waals surface area contributed by atoms with Gasteiger partial charge in [0, 0.05) is 35.9 Å². The van der Waals surface area contributed by atoms with Crippen molar-refractivity contribution >= 4 is 17.6 Å². The number of hydrogen-bond donors (Lipinski definition) is 4. The molecular formula is C23H29N5. The number of anilines is 1. The van der Waals surface area contributed by atoms with Crippen LogP contribution in [-0.2, 0) is 0 Å². The number of rotatable bonds is 7. The minimum atomic E-state index is 0.353. The smallest absolute Gasteiger partial charge is 0.0747 e. The summed E-state index contributed by atoms with van der Waals surface area (Å²) in [6.07, 6.45) is 9.67. The minimum Gasteiger partial charge on any atom is -0.403 e. The van der Waals surface area contributed by atoms with E-state index in [1.807, 2.05) is 17.1 Å². The molecule has 0 bridgehead atoms. The first-order valence-electron chi connectivity index (χ1n) is 9.71. The average Bonchev–Trinajstić information content (AvgIpc) is 3.16. The molecule has 0 amide bonds. The van der Waals surface area contributed by atoms with Gasteiger partial charge in [-0.05, 0) is 54.5 Å². The molecule has 28 heavy (non-hydrogen) atoms. The van der Waals surface area contributed by atoms with Gasteiger partial charge in [0.1, 0.15) is 0 Å². The van der Waals surface area contributed by atoms with E-state index in [0.717, 1.165) is 46.8 Å². The molecule has 0 heterocycles. The standard InChI is InChI=1S/C23H29N5/c1-17-3-12-22(15-17)28(26)23(16-25)20-6-4-18(5-7-20)19-8-10-21(11-9-19)27-14-2-13-24/h2,4-11,13-14,16-17,22,24,27H,3,12,15,25-26H2,1H3/b14-2-,23-16-,24-13?/t17?,22-/m1/s1. The van der Waals surface area contributed by atoms with Crippen molar-refractivity contribution in [3.05, 3.63) is 72.6 Å². The molecule has 0 aromatic heterocycles. The number of benzene rings is 2. The summed E-state index contributed by atoms with van der Waals surface area (Å²) in [7, 11) is 0. The Labute approximate surface area is 167 Å². The normalized spacial score (nSPS) is 19.7. The van der Waals surface area contributed by atoms with Crippen molar-refractivity contribution in [3.8, 4) is 11.1 Å². The summed E-state index contributed by atoms with van der Waals surface area (Å²) in [5, 5.41) is 12.0. The number of nitrogens with one attached hydrogen (secondary N) is 2. The van der Waals surface area contributed by atoms with Crippen LogP contribution in [0.4, 0.5) is 5.69 Å². The molecule has 0 radical (unpaired) electrons. The molecule has 5 heteroatoms. The maximum Gasteiger partial charge on any atom is 0.0747 e. The van der Waals surface area contributed by atoms with Gasteiger partial charge in [0.2, 0.25) is 0 Å². The fourth-order valence-electron chi connectivity index (χ4n) is 3.74. The van der Waals surface area contributed by atoms with Crippen LogP contribution in [0.15, 0.2) is 67.0 Å². The highest BCUT2D eigenvalue weighted by atomic mass is 15.4. The quantitative estimate of drug-likeness (QED) is 0.325. The largest absolute Gasteiger partial charge is 0.403 e. The number of hydrazine groups is 1. The molecule has 2 atom stereocenters. The fraction of sp³-hybridized carbons (Fsp3) is 0.261. The zero-order chi connectivity index (χ0) is 19.9. The molecule has 3 rings (SSSR count). The third-order valence-corrected chi connectivity index (χ3v) is 5.34. The van der Waals surface area contributed by atoms with Crippen molar-refractivity contribution in [1.82, 2.24) is 5.01 Å². The zero-order valence-electron chi connectivity index (χ0n) is 16.3. The predicted octanol–water partition coefficient (Wildman–Crippen LogP) is 4.55. The van der Waals surface area contributed by atoms with Crippen LogP contribution in [0.1, 0.15) is 31.7 Å². The Hall–Kier alpha value is -3.05. The monoisotopic (exact) mass is 375 g/mol. The molecule has 1 aliphatic carbocycles. The van der Waals surface area contributed by atoms with Crippen LogP contribution in [0.3, 0.4) is 0 Å². The van der Waals surface area contributed by atoms with Crippen LogP contribution in [-0.4, -0.2) is 17.3 Å². The summed E-state index contributed by atoms with van der Waals surface area (Å²) in [5.41, 5.74) is 11.1. The summed E-state index contributed by atoms with van der Waals surface area (Å²) in [5.74, 6) is 7.12. The van der Waals surface area contributed by atoms with Crippen molar-refractivity contribution in [2.75, 3.05) is 5.32 Å². The van der Waals surface area contributed by atoms with E-state index in [4.69, 9.17) is 17.0 Å². The lowest BCUT2D eigenvalue weighted by Gasteiger charge is -2.28. The van der Waals surface area contributed by atoms with Gasteiger partial charge in [-0.15, -0.1) is 0 Å². The van der Waals surface area contributed by atoms with Gasteiger partial charge in [0.25, 0.3) is 0 Å². The predicted molar refractivity (Wildman–Crippen MR) is 118 cm³/mol. The Balaban J connectivity index is 1.71. The molecule has 1 saturated carbocycles. The second-order valence-corrected chi connectivity index (χ2v) is 7.36. The Kier molecular flexibility index (Phi) is 6.50. The minimum absolute atomic E-state index is 0.353. The molecule has 1 unspecified atom stereocenters. The van der Waals surface area contributed by atoms with E-state index in [0.29, 0.717) is 6.04 Å². The summed E-state index contributed by atoms with van der Waals surface area (Å²) in [6.45, 7) is 2.28. The van der Waals surface area contributed by atoms with E-state index < -0.39 is 0 Å². The van der Waals surface area contributed by atoms with Crippen molar-refractivity contribution in [1.29, 1.82) is 5.41 Å². The molecule has 0 saturated heterocycles. The van der Waals surface area contributed by atoms with Gasteiger partial charge in [-0.3, -0.25) is 0 Å². The average molecular weight is 376 g/mol. The lowest BCUT2D eigenvalue weighted by atomic mass is 10.0. The van der Waals surface area contributed by atoms with Gasteiger partial charge in [0.15, 0.2) is 0 Å². The molecule has 2 aromatic rings. The number of nitrogens with two attached hydrogens (primary N) is 2. The van der Waals surface area contributed by atoms with Crippen molar-refractivity contribution in [2.45, 2.75) is 32.2 Å². The maximum absolute atomic E-state index is 6.99. The van der Waals surface area contributed by atoms with Crippen LogP contribution in [0, 0.1) is 11.3 Å². The van der Waals surface area contributed by atoms with E-state index in [-0.39, 0.29) is 0 Å².